The Morgan fingerprint density at radius 1 is 0.600 bits per heavy atom. The molecule has 0 unspecified atom stereocenters. The van der Waals surface area contributed by atoms with Gasteiger partial charge in [-0.1, -0.05) is 30.3 Å². The van der Waals surface area contributed by atoms with E-state index in [-0.39, 0.29) is 24.5 Å². The first-order chi connectivity index (χ1) is 9.45. The molecule has 0 atom stereocenters. The van der Waals surface area contributed by atoms with Gasteiger partial charge in [-0.3, -0.25) is 0 Å². The van der Waals surface area contributed by atoms with Crippen molar-refractivity contribution in [3.05, 3.63) is 108 Å². The zero-order chi connectivity index (χ0) is 12.9. The van der Waals surface area contributed by atoms with E-state index in [2.05, 4.69) is 60.7 Å². The maximum atomic E-state index is 3.35. The first-order valence-electron chi connectivity index (χ1n) is 6.43. The van der Waals surface area contributed by atoms with Crippen molar-refractivity contribution in [3.63, 3.8) is 0 Å². The summed E-state index contributed by atoms with van der Waals surface area (Å²) >= 11 is 0. The molecular formula is C19H14V. The third-order valence-corrected chi connectivity index (χ3v) is 3.22. The minimum Gasteiger partial charge on any atom is -0.180 e. The van der Waals surface area contributed by atoms with Crippen LogP contribution in [0.5, 0.6) is 0 Å². The molecule has 0 aliphatic rings. The van der Waals surface area contributed by atoms with Gasteiger partial charge in [-0.2, -0.15) is 71.8 Å². The molecule has 0 N–H and O–H groups in total. The van der Waals surface area contributed by atoms with Gasteiger partial charge in [0.2, 0.25) is 0 Å². The number of hydrogen-bond donors (Lipinski definition) is 0. The van der Waals surface area contributed by atoms with Crippen LogP contribution >= 0.6 is 0 Å². The summed E-state index contributed by atoms with van der Waals surface area (Å²) in [6, 6.07) is 33.5. The minimum atomic E-state index is 0. The molecule has 3 rings (SSSR count). The molecule has 3 aromatic rings. The molecule has 0 saturated heterocycles. The molecule has 0 heterocycles. The number of rotatable bonds is 3. The van der Waals surface area contributed by atoms with Gasteiger partial charge in [-0.15, -0.1) is 0 Å². The Kier molecular flexibility index (Phi) is 5.23. The van der Waals surface area contributed by atoms with E-state index in [1.165, 1.54) is 16.7 Å². The van der Waals surface area contributed by atoms with Crippen LogP contribution in [0.4, 0.5) is 0 Å². The fourth-order valence-electron chi connectivity index (χ4n) is 2.35. The molecule has 0 nitrogen and oxygen atoms in total. The first-order valence-corrected chi connectivity index (χ1v) is 6.43. The average Bonchev–Trinajstić information content (AvgIpc) is 2.51. The van der Waals surface area contributed by atoms with Gasteiger partial charge < -0.3 is 0 Å². The fourth-order valence-corrected chi connectivity index (χ4v) is 2.35. The normalized spacial score (nSPS) is 10.1. The van der Waals surface area contributed by atoms with Crippen LogP contribution in [0.2, 0.25) is 0 Å². The minimum absolute atomic E-state index is 0. The quantitative estimate of drug-likeness (QED) is 0.494. The summed E-state index contributed by atoms with van der Waals surface area (Å²) in [4.78, 5) is 0. The predicted octanol–water partition coefficient (Wildman–Crippen LogP) is 4.46. The van der Waals surface area contributed by atoms with Crippen LogP contribution in [-0.4, -0.2) is 0 Å². The zero-order valence-electron chi connectivity index (χ0n) is 11.0. The maximum Gasteiger partial charge on any atom is 2.00 e. The second-order valence-electron chi connectivity index (χ2n) is 4.48. The fraction of sp³-hybridized carbons (Fsp3) is 0.0526. The van der Waals surface area contributed by atoms with Crippen LogP contribution < -0.4 is 0 Å². The second kappa shape index (κ2) is 7.14. The van der Waals surface area contributed by atoms with E-state index in [0.717, 1.165) is 0 Å². The van der Waals surface area contributed by atoms with Crippen LogP contribution in [0.15, 0.2) is 78.9 Å². The van der Waals surface area contributed by atoms with Gasteiger partial charge in [-0.25, -0.2) is 0 Å². The largest absolute Gasteiger partial charge is 2.00 e. The molecule has 20 heavy (non-hydrogen) atoms. The van der Waals surface area contributed by atoms with Crippen molar-refractivity contribution in [3.8, 4) is 0 Å². The van der Waals surface area contributed by atoms with Gasteiger partial charge in [0.25, 0.3) is 0 Å². The van der Waals surface area contributed by atoms with Crippen LogP contribution in [-0.2, 0) is 18.6 Å². The second-order valence-corrected chi connectivity index (χ2v) is 4.48. The summed E-state index contributed by atoms with van der Waals surface area (Å²) in [5.41, 5.74) is 3.62. The Bertz CT molecular complexity index is 524. The Balaban J connectivity index is 0.00000147. The van der Waals surface area contributed by atoms with Crippen LogP contribution in [0.25, 0.3) is 0 Å². The van der Waals surface area contributed by atoms with Crippen molar-refractivity contribution in [2.45, 2.75) is 5.92 Å². The molecule has 1 radical (unpaired) electrons. The first kappa shape index (κ1) is 14.6. The summed E-state index contributed by atoms with van der Waals surface area (Å²) in [5.74, 6) is 0.198. The molecule has 0 aliphatic heterocycles. The summed E-state index contributed by atoms with van der Waals surface area (Å²) in [6.07, 6.45) is 0. The summed E-state index contributed by atoms with van der Waals surface area (Å²) in [7, 11) is 0. The van der Waals surface area contributed by atoms with E-state index in [4.69, 9.17) is 0 Å². The Morgan fingerprint density at radius 2 is 1.10 bits per heavy atom. The third kappa shape index (κ3) is 3.22. The summed E-state index contributed by atoms with van der Waals surface area (Å²) in [5, 5.41) is 0. The van der Waals surface area contributed by atoms with Crippen molar-refractivity contribution < 1.29 is 18.6 Å². The van der Waals surface area contributed by atoms with Crippen molar-refractivity contribution in [1.29, 1.82) is 0 Å². The van der Waals surface area contributed by atoms with Crippen LogP contribution in [0.1, 0.15) is 22.6 Å². The van der Waals surface area contributed by atoms with Gasteiger partial charge in [0, 0.05) is 0 Å². The molecule has 0 amide bonds. The molecule has 0 saturated carbocycles. The van der Waals surface area contributed by atoms with E-state index in [0.29, 0.717) is 0 Å². The zero-order valence-corrected chi connectivity index (χ0v) is 12.4. The van der Waals surface area contributed by atoms with Gasteiger partial charge >= 0.3 is 18.6 Å². The van der Waals surface area contributed by atoms with Crippen molar-refractivity contribution in [2.75, 3.05) is 0 Å². The molecule has 0 aromatic heterocycles. The summed E-state index contributed by atoms with van der Waals surface area (Å²) in [6.45, 7) is 0. The van der Waals surface area contributed by atoms with Crippen molar-refractivity contribution in [1.82, 2.24) is 0 Å². The predicted molar refractivity (Wildman–Crippen MR) is 77.9 cm³/mol. The van der Waals surface area contributed by atoms with Crippen molar-refractivity contribution in [2.24, 2.45) is 0 Å². The molecule has 0 bridgehead atoms. The molecule has 0 fully saturated rings. The van der Waals surface area contributed by atoms with Crippen molar-refractivity contribution >= 4 is 0 Å². The van der Waals surface area contributed by atoms with E-state index < -0.39 is 0 Å². The van der Waals surface area contributed by atoms with E-state index in [1.54, 1.807) is 0 Å². The van der Waals surface area contributed by atoms with E-state index in [1.807, 2.05) is 30.3 Å². The average molecular weight is 293 g/mol. The topological polar surface area (TPSA) is 0 Å². The standard InChI is InChI=1S/C19H14.V/c1-4-10-16(11-5-1)19(17-12-6-2-7-13-17)18-14-8-3-9-15-18;/h1-12,14,19H;/q-2;+2. The number of hydrogen-bond acceptors (Lipinski definition) is 0. The van der Waals surface area contributed by atoms with Gasteiger partial charge in [0.05, 0.1) is 0 Å². The Hall–Kier alpha value is -1.76. The maximum absolute atomic E-state index is 3.35. The van der Waals surface area contributed by atoms with E-state index in [9.17, 15) is 0 Å². The molecular weight excluding hydrogens is 279 g/mol. The van der Waals surface area contributed by atoms with Gasteiger partial charge in [0.15, 0.2) is 0 Å². The van der Waals surface area contributed by atoms with Crippen LogP contribution in [0.3, 0.4) is 0 Å². The molecule has 0 spiro atoms. The Labute approximate surface area is 132 Å². The SMILES string of the molecule is [V+2].[c-]1ccccc1C(c1[c-]cccc1)c1ccccc1. The van der Waals surface area contributed by atoms with E-state index >= 15 is 0 Å². The third-order valence-electron chi connectivity index (χ3n) is 3.22. The van der Waals surface area contributed by atoms with Gasteiger partial charge in [0.1, 0.15) is 0 Å². The molecule has 95 valence electrons. The molecule has 1 heteroatoms. The van der Waals surface area contributed by atoms with Gasteiger partial charge in [-0.05, 0) is 11.5 Å². The summed E-state index contributed by atoms with van der Waals surface area (Å²) < 4.78 is 0. The van der Waals surface area contributed by atoms with Crippen LogP contribution in [0, 0.1) is 12.1 Å². The molecule has 0 aliphatic carbocycles. The smallest absolute Gasteiger partial charge is 0.180 e. The molecule has 3 aromatic carbocycles. The Morgan fingerprint density at radius 3 is 1.55 bits per heavy atom. The number of benzene rings is 3. The monoisotopic (exact) mass is 293 g/mol.